The first-order valence-corrected chi connectivity index (χ1v) is 14.0. The Hall–Kier alpha value is -2.76. The number of hydrogen-bond donors (Lipinski definition) is 3. The van der Waals surface area contributed by atoms with Crippen molar-refractivity contribution in [2.75, 3.05) is 0 Å². The molecular formula is C29H35N3Si. The van der Waals surface area contributed by atoms with Gasteiger partial charge in [-0.15, -0.1) is 0 Å². The topological polar surface area (TPSA) is 78.1 Å². The Labute approximate surface area is 199 Å². The molecule has 0 saturated carbocycles. The van der Waals surface area contributed by atoms with Crippen molar-refractivity contribution < 1.29 is 0 Å². The van der Waals surface area contributed by atoms with Crippen molar-refractivity contribution in [2.24, 2.45) is 17.2 Å². The number of nitrogens with two attached hydrogens (primary N) is 3. The molecule has 6 N–H and O–H groups in total. The molecule has 0 bridgehead atoms. The lowest BCUT2D eigenvalue weighted by atomic mass is 10.2. The quantitative estimate of drug-likeness (QED) is 0.344. The standard InChI is InChI=1S/C29H35N3Si/c1-2-6-22-13-14-29(15-22)33(26-10-3-7-23(16-26)19-30,27-11-4-8-24(17-27)20-31)28-12-5-9-25(18-28)21-32/h3-5,7-18,29H,2,6,19-21,30-32H2,1H3. The number of allylic oxidation sites excluding steroid dienone is 4. The highest BCUT2D eigenvalue weighted by Gasteiger charge is 2.45. The zero-order valence-electron chi connectivity index (χ0n) is 19.5. The van der Waals surface area contributed by atoms with Gasteiger partial charge in [-0.2, -0.15) is 0 Å². The van der Waals surface area contributed by atoms with Gasteiger partial charge in [-0.3, -0.25) is 0 Å². The maximum absolute atomic E-state index is 6.10. The van der Waals surface area contributed by atoms with Crippen LogP contribution < -0.4 is 32.8 Å². The lowest BCUT2D eigenvalue weighted by Crippen LogP contribution is -2.69. The largest absolute Gasteiger partial charge is 0.326 e. The predicted octanol–water partition coefficient (Wildman–Crippen LogP) is 3.20. The maximum Gasteiger partial charge on any atom is 0.158 e. The second-order valence-electron chi connectivity index (χ2n) is 8.90. The van der Waals surface area contributed by atoms with Crippen molar-refractivity contribution in [3.63, 3.8) is 0 Å². The molecule has 3 aromatic rings. The van der Waals surface area contributed by atoms with Gasteiger partial charge in [0, 0.05) is 25.2 Å². The summed E-state index contributed by atoms with van der Waals surface area (Å²) in [5, 5.41) is 4.12. The highest BCUT2D eigenvalue weighted by Crippen LogP contribution is 2.33. The minimum absolute atomic E-state index is 0.299. The van der Waals surface area contributed by atoms with E-state index in [1.165, 1.54) is 21.1 Å². The van der Waals surface area contributed by atoms with E-state index < -0.39 is 8.07 Å². The lowest BCUT2D eigenvalue weighted by molar-refractivity contribution is 0.927. The number of hydrogen-bond acceptors (Lipinski definition) is 3. The third kappa shape index (κ3) is 4.52. The summed E-state index contributed by atoms with van der Waals surface area (Å²) >= 11 is 0. The molecule has 3 nitrogen and oxygen atoms in total. The molecule has 0 heterocycles. The van der Waals surface area contributed by atoms with E-state index in [0.29, 0.717) is 25.2 Å². The first-order chi connectivity index (χ1) is 16.1. The summed E-state index contributed by atoms with van der Waals surface area (Å²) in [4.78, 5) is 0. The first-order valence-electron chi connectivity index (χ1n) is 11.9. The molecule has 0 aromatic heterocycles. The average Bonchev–Trinajstić information content (AvgIpc) is 3.34. The van der Waals surface area contributed by atoms with E-state index in [1.807, 2.05) is 0 Å². The van der Waals surface area contributed by atoms with Crippen LogP contribution in [0.3, 0.4) is 0 Å². The molecule has 1 aliphatic carbocycles. The Kier molecular flexibility index (Phi) is 7.41. The van der Waals surface area contributed by atoms with Crippen molar-refractivity contribution in [1.82, 2.24) is 0 Å². The highest BCUT2D eigenvalue weighted by molar-refractivity contribution is 7.13. The molecule has 0 fully saturated rings. The molecule has 0 radical (unpaired) electrons. The molecule has 3 aromatic carbocycles. The molecule has 0 saturated heterocycles. The van der Waals surface area contributed by atoms with E-state index in [4.69, 9.17) is 17.2 Å². The smallest absolute Gasteiger partial charge is 0.158 e. The monoisotopic (exact) mass is 453 g/mol. The Morgan fingerprint density at radius 2 is 1.15 bits per heavy atom. The van der Waals surface area contributed by atoms with Gasteiger partial charge in [0.25, 0.3) is 0 Å². The summed E-state index contributed by atoms with van der Waals surface area (Å²) in [5.41, 5.74) is 23.5. The van der Waals surface area contributed by atoms with Crippen LogP contribution in [0.2, 0.25) is 5.54 Å². The van der Waals surface area contributed by atoms with Crippen molar-refractivity contribution in [3.05, 3.63) is 113 Å². The minimum atomic E-state index is -2.53. The Morgan fingerprint density at radius 1 is 0.697 bits per heavy atom. The summed E-state index contributed by atoms with van der Waals surface area (Å²) in [6, 6.07) is 26.7. The van der Waals surface area contributed by atoms with Crippen LogP contribution in [0.5, 0.6) is 0 Å². The highest BCUT2D eigenvalue weighted by atomic mass is 28.3. The predicted molar refractivity (Wildman–Crippen MR) is 144 cm³/mol. The third-order valence-corrected chi connectivity index (χ3v) is 11.8. The van der Waals surface area contributed by atoms with Gasteiger partial charge in [-0.25, -0.2) is 0 Å². The molecule has 0 aliphatic heterocycles. The number of benzene rings is 3. The van der Waals surface area contributed by atoms with Gasteiger partial charge in [0.15, 0.2) is 8.07 Å². The fraction of sp³-hybridized carbons (Fsp3) is 0.241. The summed E-state index contributed by atoms with van der Waals surface area (Å²) in [6.45, 7) is 3.83. The van der Waals surface area contributed by atoms with Gasteiger partial charge in [-0.05, 0) is 38.7 Å². The molecule has 4 heteroatoms. The van der Waals surface area contributed by atoms with Crippen LogP contribution in [0.25, 0.3) is 0 Å². The Balaban J connectivity index is 2.08. The van der Waals surface area contributed by atoms with Crippen LogP contribution in [0.15, 0.2) is 96.6 Å². The summed E-state index contributed by atoms with van der Waals surface area (Å²) in [5.74, 6) is 0. The average molecular weight is 454 g/mol. The van der Waals surface area contributed by atoms with Crippen LogP contribution in [0.4, 0.5) is 0 Å². The van der Waals surface area contributed by atoms with Gasteiger partial charge in [0.2, 0.25) is 0 Å². The van der Waals surface area contributed by atoms with Gasteiger partial charge in [0.1, 0.15) is 0 Å². The minimum Gasteiger partial charge on any atom is -0.326 e. The maximum atomic E-state index is 6.10. The Bertz CT molecular complexity index is 1050. The van der Waals surface area contributed by atoms with Crippen LogP contribution in [0, 0.1) is 0 Å². The SMILES string of the molecule is CCCC1=CC([Si](c2cccc(CN)c2)(c2cccc(CN)c2)c2cccc(CN)c2)C=C1. The van der Waals surface area contributed by atoms with Crippen molar-refractivity contribution in [3.8, 4) is 0 Å². The summed E-state index contributed by atoms with van der Waals surface area (Å²) in [6.07, 6.45) is 9.52. The second-order valence-corrected chi connectivity index (χ2v) is 12.9. The second kappa shape index (κ2) is 10.4. The fourth-order valence-corrected chi connectivity index (χ4v) is 10.5. The van der Waals surface area contributed by atoms with Crippen molar-refractivity contribution in [2.45, 2.75) is 44.9 Å². The molecule has 1 atom stereocenters. The van der Waals surface area contributed by atoms with E-state index in [9.17, 15) is 0 Å². The molecule has 0 spiro atoms. The lowest BCUT2D eigenvalue weighted by Gasteiger charge is -2.38. The van der Waals surface area contributed by atoms with Crippen LogP contribution in [0.1, 0.15) is 36.5 Å². The molecule has 0 amide bonds. The van der Waals surface area contributed by atoms with Crippen LogP contribution in [-0.4, -0.2) is 8.07 Å². The molecule has 1 unspecified atom stereocenters. The normalized spacial score (nSPS) is 15.6. The molecular weight excluding hydrogens is 418 g/mol. The molecule has 33 heavy (non-hydrogen) atoms. The molecule has 1 aliphatic rings. The summed E-state index contributed by atoms with van der Waals surface area (Å²) in [7, 11) is -2.53. The van der Waals surface area contributed by atoms with Crippen LogP contribution >= 0.6 is 0 Å². The van der Waals surface area contributed by atoms with E-state index in [1.54, 1.807) is 0 Å². The van der Waals surface area contributed by atoms with E-state index in [2.05, 4.69) is 97.9 Å². The molecule has 4 rings (SSSR count). The number of rotatable bonds is 9. The van der Waals surface area contributed by atoms with Crippen LogP contribution in [-0.2, 0) is 19.6 Å². The van der Waals surface area contributed by atoms with E-state index in [-0.39, 0.29) is 0 Å². The van der Waals surface area contributed by atoms with E-state index >= 15 is 0 Å². The van der Waals surface area contributed by atoms with Crippen molar-refractivity contribution in [1.29, 1.82) is 0 Å². The first kappa shape index (κ1) is 23.4. The zero-order chi connectivity index (χ0) is 23.3. The van der Waals surface area contributed by atoms with Gasteiger partial charge in [0.05, 0.1) is 0 Å². The fourth-order valence-electron chi connectivity index (χ4n) is 5.20. The van der Waals surface area contributed by atoms with Gasteiger partial charge < -0.3 is 17.2 Å². The van der Waals surface area contributed by atoms with E-state index in [0.717, 1.165) is 29.5 Å². The van der Waals surface area contributed by atoms with Crippen molar-refractivity contribution >= 4 is 23.6 Å². The molecule has 170 valence electrons. The third-order valence-electron chi connectivity index (χ3n) is 6.80. The summed E-state index contributed by atoms with van der Waals surface area (Å²) < 4.78 is 0. The Morgan fingerprint density at radius 3 is 1.55 bits per heavy atom. The zero-order valence-corrected chi connectivity index (χ0v) is 20.5. The van der Waals surface area contributed by atoms with Gasteiger partial charge >= 0.3 is 0 Å². The van der Waals surface area contributed by atoms with Gasteiger partial charge in [-0.1, -0.05) is 110 Å².